The summed E-state index contributed by atoms with van der Waals surface area (Å²) in [5, 5.41) is 9.43. The lowest BCUT2D eigenvalue weighted by Gasteiger charge is -2.05. The molecule has 1 N–H and O–H groups in total. The summed E-state index contributed by atoms with van der Waals surface area (Å²) in [5.41, 5.74) is 1.96. The number of hydrogen-bond acceptors (Lipinski definition) is 4. The van der Waals surface area contributed by atoms with Crippen LogP contribution in [0.15, 0.2) is 42.7 Å². The summed E-state index contributed by atoms with van der Waals surface area (Å²) in [6, 6.07) is 8.48. The fourth-order valence-electron chi connectivity index (χ4n) is 1.61. The molecule has 0 bridgehead atoms. The van der Waals surface area contributed by atoms with Crippen LogP contribution in [0.5, 0.6) is 5.75 Å². The highest BCUT2D eigenvalue weighted by atomic mass is 16.5. The number of pyridine rings is 1. The first-order chi connectivity index (χ1) is 8.70. The lowest BCUT2D eigenvalue weighted by Crippen LogP contribution is -2.05. The number of aromatic hydroxyl groups is 1. The Balaban J connectivity index is 2.35. The number of carbonyl (C=O) groups excluding carboxylic acids is 1. The number of aromatic nitrogens is 1. The van der Waals surface area contributed by atoms with Crippen LogP contribution in [0.2, 0.25) is 0 Å². The number of phenolic OH excluding ortho intramolecular Hbond substituents is 1. The SMILES string of the molecule is CCOC(=O)c1cncc(-c2cccc(O)c2)c1. The summed E-state index contributed by atoms with van der Waals surface area (Å²) in [7, 11) is 0. The van der Waals surface area contributed by atoms with Gasteiger partial charge >= 0.3 is 5.97 Å². The van der Waals surface area contributed by atoms with Gasteiger partial charge in [0, 0.05) is 18.0 Å². The number of carbonyl (C=O) groups is 1. The molecule has 0 atom stereocenters. The molecule has 18 heavy (non-hydrogen) atoms. The van der Waals surface area contributed by atoms with Crippen LogP contribution in [-0.2, 0) is 4.74 Å². The molecule has 0 fully saturated rings. The minimum Gasteiger partial charge on any atom is -0.508 e. The van der Waals surface area contributed by atoms with Gasteiger partial charge in [-0.1, -0.05) is 12.1 Å². The van der Waals surface area contributed by atoms with Crippen molar-refractivity contribution in [3.63, 3.8) is 0 Å². The monoisotopic (exact) mass is 243 g/mol. The molecular weight excluding hydrogens is 230 g/mol. The van der Waals surface area contributed by atoms with Crippen molar-refractivity contribution in [3.05, 3.63) is 48.3 Å². The van der Waals surface area contributed by atoms with Gasteiger partial charge in [-0.15, -0.1) is 0 Å². The number of rotatable bonds is 3. The number of ether oxygens (including phenoxy) is 1. The van der Waals surface area contributed by atoms with Crippen molar-refractivity contribution in [1.29, 1.82) is 0 Å². The maximum Gasteiger partial charge on any atom is 0.339 e. The first kappa shape index (κ1) is 12.1. The molecule has 0 amide bonds. The Hall–Kier alpha value is -2.36. The summed E-state index contributed by atoms with van der Waals surface area (Å²) >= 11 is 0. The number of phenols is 1. The van der Waals surface area contributed by atoms with Crippen LogP contribution in [0, 0.1) is 0 Å². The molecule has 4 nitrogen and oxygen atoms in total. The van der Waals surface area contributed by atoms with Crippen molar-refractivity contribution in [2.75, 3.05) is 6.61 Å². The molecular formula is C14H13NO3. The summed E-state index contributed by atoms with van der Waals surface area (Å²) in [6.45, 7) is 2.08. The van der Waals surface area contributed by atoms with Crippen LogP contribution in [0.25, 0.3) is 11.1 Å². The average Bonchev–Trinajstić information content (AvgIpc) is 2.39. The van der Waals surface area contributed by atoms with Crippen LogP contribution >= 0.6 is 0 Å². The zero-order chi connectivity index (χ0) is 13.0. The first-order valence-electron chi connectivity index (χ1n) is 5.62. The second-order valence-electron chi connectivity index (χ2n) is 3.73. The quantitative estimate of drug-likeness (QED) is 0.842. The normalized spacial score (nSPS) is 10.1. The van der Waals surface area contributed by atoms with Gasteiger partial charge in [0.05, 0.1) is 12.2 Å². The maximum atomic E-state index is 11.6. The second-order valence-corrected chi connectivity index (χ2v) is 3.73. The molecule has 0 aliphatic heterocycles. The summed E-state index contributed by atoms with van der Waals surface area (Å²) < 4.78 is 4.91. The Kier molecular flexibility index (Phi) is 3.57. The molecule has 1 aromatic carbocycles. The van der Waals surface area contributed by atoms with Gasteiger partial charge in [0.25, 0.3) is 0 Å². The van der Waals surface area contributed by atoms with Crippen molar-refractivity contribution in [2.24, 2.45) is 0 Å². The van der Waals surface area contributed by atoms with Crippen molar-refractivity contribution < 1.29 is 14.6 Å². The lowest BCUT2D eigenvalue weighted by molar-refractivity contribution is 0.0526. The third-order valence-electron chi connectivity index (χ3n) is 2.43. The Morgan fingerprint density at radius 3 is 2.83 bits per heavy atom. The van der Waals surface area contributed by atoms with Crippen LogP contribution < -0.4 is 0 Å². The molecule has 0 radical (unpaired) electrons. The van der Waals surface area contributed by atoms with Gasteiger partial charge in [-0.2, -0.15) is 0 Å². The first-order valence-corrected chi connectivity index (χ1v) is 5.62. The number of nitrogens with zero attached hydrogens (tertiary/aromatic N) is 1. The number of benzene rings is 1. The molecule has 2 aromatic rings. The zero-order valence-corrected chi connectivity index (χ0v) is 9.96. The molecule has 1 aromatic heterocycles. The molecule has 4 heteroatoms. The highest BCUT2D eigenvalue weighted by molar-refractivity contribution is 5.90. The van der Waals surface area contributed by atoms with E-state index in [2.05, 4.69) is 4.98 Å². The predicted octanol–water partition coefficient (Wildman–Crippen LogP) is 2.63. The van der Waals surface area contributed by atoms with Gasteiger partial charge in [0.15, 0.2) is 0 Å². The van der Waals surface area contributed by atoms with E-state index in [4.69, 9.17) is 4.74 Å². The van der Waals surface area contributed by atoms with Gasteiger partial charge in [-0.3, -0.25) is 4.98 Å². The number of hydrogen-bond donors (Lipinski definition) is 1. The van der Waals surface area contributed by atoms with E-state index in [0.29, 0.717) is 12.2 Å². The van der Waals surface area contributed by atoms with Gasteiger partial charge in [0.1, 0.15) is 5.75 Å². The summed E-state index contributed by atoms with van der Waals surface area (Å²) in [5.74, 6) is -0.221. The van der Waals surface area contributed by atoms with Crippen LogP contribution in [0.1, 0.15) is 17.3 Å². The highest BCUT2D eigenvalue weighted by Gasteiger charge is 2.08. The Morgan fingerprint density at radius 1 is 1.28 bits per heavy atom. The van der Waals surface area contributed by atoms with Crippen molar-refractivity contribution in [1.82, 2.24) is 4.98 Å². The predicted molar refractivity (Wildman–Crippen MR) is 67.3 cm³/mol. The fourth-order valence-corrected chi connectivity index (χ4v) is 1.61. The molecule has 92 valence electrons. The van der Waals surface area contributed by atoms with Crippen molar-refractivity contribution in [2.45, 2.75) is 6.92 Å². The molecule has 0 saturated heterocycles. The second kappa shape index (κ2) is 5.31. The van der Waals surface area contributed by atoms with E-state index in [1.54, 1.807) is 37.4 Å². The molecule has 0 aliphatic carbocycles. The third kappa shape index (κ3) is 2.66. The van der Waals surface area contributed by atoms with E-state index >= 15 is 0 Å². The maximum absolute atomic E-state index is 11.6. The van der Waals surface area contributed by atoms with Crippen LogP contribution in [0.3, 0.4) is 0 Å². The molecule has 0 unspecified atom stereocenters. The largest absolute Gasteiger partial charge is 0.508 e. The van der Waals surface area contributed by atoms with Crippen molar-refractivity contribution >= 4 is 5.97 Å². The Bertz CT molecular complexity index is 566. The topological polar surface area (TPSA) is 59.4 Å². The smallest absolute Gasteiger partial charge is 0.339 e. The van der Waals surface area contributed by atoms with E-state index in [0.717, 1.165) is 11.1 Å². The average molecular weight is 243 g/mol. The van der Waals surface area contributed by atoms with Gasteiger partial charge in [0.2, 0.25) is 0 Å². The van der Waals surface area contributed by atoms with E-state index in [1.165, 1.54) is 6.20 Å². The minimum absolute atomic E-state index is 0.175. The van der Waals surface area contributed by atoms with E-state index < -0.39 is 5.97 Å². The molecule has 0 spiro atoms. The van der Waals surface area contributed by atoms with E-state index in [9.17, 15) is 9.90 Å². The summed E-state index contributed by atoms with van der Waals surface area (Å²) in [6.07, 6.45) is 3.10. The van der Waals surface area contributed by atoms with Gasteiger partial charge < -0.3 is 9.84 Å². The van der Waals surface area contributed by atoms with E-state index in [-0.39, 0.29) is 5.75 Å². The molecule has 1 heterocycles. The van der Waals surface area contributed by atoms with E-state index in [1.807, 2.05) is 6.07 Å². The summed E-state index contributed by atoms with van der Waals surface area (Å²) in [4.78, 5) is 15.6. The standard InChI is InChI=1S/C14H13NO3/c1-2-18-14(17)12-6-11(8-15-9-12)10-4-3-5-13(16)7-10/h3-9,16H,2H2,1H3. The van der Waals surface area contributed by atoms with Crippen LogP contribution in [0.4, 0.5) is 0 Å². The zero-order valence-electron chi connectivity index (χ0n) is 9.96. The Morgan fingerprint density at radius 2 is 2.11 bits per heavy atom. The van der Waals surface area contributed by atoms with Gasteiger partial charge in [-0.25, -0.2) is 4.79 Å². The Labute approximate surface area is 105 Å². The third-order valence-corrected chi connectivity index (χ3v) is 2.43. The molecule has 0 aliphatic rings. The van der Waals surface area contributed by atoms with Crippen LogP contribution in [-0.4, -0.2) is 22.7 Å². The molecule has 2 rings (SSSR count). The minimum atomic E-state index is -0.396. The fraction of sp³-hybridized carbons (Fsp3) is 0.143. The van der Waals surface area contributed by atoms with Gasteiger partial charge in [-0.05, 0) is 30.7 Å². The van der Waals surface area contributed by atoms with Crippen molar-refractivity contribution in [3.8, 4) is 16.9 Å². The lowest BCUT2D eigenvalue weighted by atomic mass is 10.1. The number of esters is 1. The highest BCUT2D eigenvalue weighted by Crippen LogP contribution is 2.23. The molecule has 0 saturated carbocycles.